The Morgan fingerprint density at radius 2 is 1.76 bits per heavy atom. The molecule has 2 N–H and O–H groups in total. The number of aromatic nitrogens is 4. The molecule has 10 heteroatoms. The molecule has 1 amide bonds. The molecule has 3 fully saturated rings. The van der Waals surface area contributed by atoms with Crippen molar-refractivity contribution in [3.05, 3.63) is 53.0 Å². The standard InChI is InChI=1S/C23H23F2N5O3/c1-13-2-3-17(29-28-13)19-27-21(33-30-19)23-7-4-22(5-8-23,6-9-23)12-26-20(32)14-10-15(24)18(31)16(25)11-14/h2-3,10-11,31H,4-9,12H2,1H3,(H,26,32)/t22-,23+. The molecule has 3 saturated carbocycles. The number of benzene rings is 1. The first-order chi connectivity index (χ1) is 15.8. The molecule has 2 bridgehead atoms. The minimum Gasteiger partial charge on any atom is -0.503 e. The van der Waals surface area contributed by atoms with Crippen molar-refractivity contribution >= 4 is 5.91 Å². The van der Waals surface area contributed by atoms with Gasteiger partial charge in [0.25, 0.3) is 5.91 Å². The number of nitrogens with one attached hydrogen (secondary N) is 1. The van der Waals surface area contributed by atoms with E-state index in [1.165, 1.54) is 0 Å². The van der Waals surface area contributed by atoms with Crippen LogP contribution in [0.3, 0.4) is 0 Å². The van der Waals surface area contributed by atoms with Crippen molar-refractivity contribution in [2.45, 2.75) is 50.9 Å². The molecule has 0 radical (unpaired) electrons. The van der Waals surface area contributed by atoms with E-state index in [4.69, 9.17) is 4.52 Å². The van der Waals surface area contributed by atoms with Gasteiger partial charge in [-0.05, 0) is 75.1 Å². The van der Waals surface area contributed by atoms with E-state index in [0.29, 0.717) is 24.0 Å². The summed E-state index contributed by atoms with van der Waals surface area (Å²) >= 11 is 0. The maximum Gasteiger partial charge on any atom is 0.251 e. The smallest absolute Gasteiger partial charge is 0.251 e. The highest BCUT2D eigenvalue weighted by Crippen LogP contribution is 2.57. The third-order valence-electron chi connectivity index (χ3n) is 7.21. The van der Waals surface area contributed by atoms with Crippen LogP contribution < -0.4 is 5.32 Å². The van der Waals surface area contributed by atoms with E-state index in [1.807, 2.05) is 19.1 Å². The average Bonchev–Trinajstić information content (AvgIpc) is 3.33. The van der Waals surface area contributed by atoms with Gasteiger partial charge in [0.15, 0.2) is 17.4 Å². The van der Waals surface area contributed by atoms with E-state index in [1.54, 1.807) is 0 Å². The van der Waals surface area contributed by atoms with Crippen molar-refractivity contribution in [3.8, 4) is 17.3 Å². The van der Waals surface area contributed by atoms with Crippen LogP contribution in [0.1, 0.15) is 60.5 Å². The number of fused-ring (bicyclic) bond motifs is 3. The number of halogens is 2. The maximum atomic E-state index is 13.6. The Morgan fingerprint density at radius 1 is 1.09 bits per heavy atom. The summed E-state index contributed by atoms with van der Waals surface area (Å²) in [5.41, 5.74) is 0.968. The normalized spacial score (nSPS) is 24.1. The van der Waals surface area contributed by atoms with Gasteiger partial charge < -0.3 is 14.9 Å². The van der Waals surface area contributed by atoms with Crippen LogP contribution >= 0.6 is 0 Å². The van der Waals surface area contributed by atoms with E-state index in [0.717, 1.165) is 56.4 Å². The number of amides is 1. The van der Waals surface area contributed by atoms with Gasteiger partial charge in [0, 0.05) is 17.5 Å². The van der Waals surface area contributed by atoms with E-state index in [-0.39, 0.29) is 16.4 Å². The highest BCUT2D eigenvalue weighted by atomic mass is 19.1. The largest absolute Gasteiger partial charge is 0.503 e. The number of aryl methyl sites for hydroxylation is 1. The lowest BCUT2D eigenvalue weighted by molar-refractivity contribution is 0.0229. The Bertz CT molecular complexity index is 1160. The van der Waals surface area contributed by atoms with Crippen molar-refractivity contribution in [1.82, 2.24) is 25.7 Å². The molecule has 3 aromatic rings. The summed E-state index contributed by atoms with van der Waals surface area (Å²) in [6.45, 7) is 2.28. The third-order valence-corrected chi connectivity index (χ3v) is 7.21. The molecule has 3 aliphatic carbocycles. The van der Waals surface area contributed by atoms with Gasteiger partial charge in [-0.3, -0.25) is 4.79 Å². The van der Waals surface area contributed by atoms with Gasteiger partial charge in [-0.15, -0.1) is 5.10 Å². The van der Waals surface area contributed by atoms with Gasteiger partial charge in [-0.2, -0.15) is 10.1 Å². The summed E-state index contributed by atoms with van der Waals surface area (Å²) < 4.78 is 32.8. The molecule has 8 nitrogen and oxygen atoms in total. The van der Waals surface area contributed by atoms with Crippen LogP contribution in [-0.4, -0.2) is 37.9 Å². The van der Waals surface area contributed by atoms with Crippen LogP contribution in [0.5, 0.6) is 5.75 Å². The molecule has 2 heterocycles. The van der Waals surface area contributed by atoms with Crippen LogP contribution in [0.2, 0.25) is 0 Å². The van der Waals surface area contributed by atoms with Gasteiger partial charge in [-0.1, -0.05) is 5.16 Å². The Balaban J connectivity index is 1.24. The van der Waals surface area contributed by atoms with E-state index < -0.39 is 23.3 Å². The third kappa shape index (κ3) is 3.83. The zero-order chi connectivity index (χ0) is 23.2. The predicted octanol–water partition coefficient (Wildman–Crippen LogP) is 3.84. The van der Waals surface area contributed by atoms with Gasteiger partial charge >= 0.3 is 0 Å². The number of hydrogen-bond acceptors (Lipinski definition) is 7. The first kappa shape index (κ1) is 21.4. The Labute approximate surface area is 188 Å². The Hall–Kier alpha value is -3.43. The average molecular weight is 455 g/mol. The second kappa shape index (κ2) is 7.86. The lowest BCUT2D eigenvalue weighted by Gasteiger charge is -2.51. The lowest BCUT2D eigenvalue weighted by Crippen LogP contribution is -2.49. The number of phenolic OH excluding ortho intramolecular Hbond substituents is 1. The molecule has 0 unspecified atom stereocenters. The highest BCUT2D eigenvalue weighted by molar-refractivity contribution is 5.94. The molecule has 172 valence electrons. The fourth-order valence-electron chi connectivity index (χ4n) is 4.98. The SMILES string of the molecule is Cc1ccc(-c2noc([C@]34CC[C@](CNC(=O)c5cc(F)c(O)c(F)c5)(CC3)CC4)n2)nn1. The summed E-state index contributed by atoms with van der Waals surface area (Å²) in [5, 5.41) is 24.3. The molecular weight excluding hydrogens is 432 g/mol. The second-order valence-corrected chi connectivity index (χ2v) is 9.23. The minimum atomic E-state index is -1.16. The van der Waals surface area contributed by atoms with E-state index in [9.17, 15) is 18.7 Å². The van der Waals surface area contributed by atoms with Gasteiger partial charge in [0.2, 0.25) is 11.7 Å². The Kier molecular flexibility index (Phi) is 5.10. The summed E-state index contributed by atoms with van der Waals surface area (Å²) in [6.07, 6.45) is 5.17. The van der Waals surface area contributed by atoms with Crippen LogP contribution in [0.15, 0.2) is 28.8 Å². The topological polar surface area (TPSA) is 114 Å². The zero-order valence-corrected chi connectivity index (χ0v) is 18.1. The zero-order valence-electron chi connectivity index (χ0n) is 18.1. The minimum absolute atomic E-state index is 0.0727. The number of carbonyl (C=O) groups excluding carboxylic acids is 1. The number of rotatable bonds is 5. The molecule has 6 rings (SSSR count). The van der Waals surface area contributed by atoms with Crippen molar-refractivity contribution in [1.29, 1.82) is 0 Å². The van der Waals surface area contributed by atoms with Gasteiger partial charge in [0.05, 0.1) is 5.69 Å². The molecular formula is C23H23F2N5O3. The maximum absolute atomic E-state index is 13.6. The van der Waals surface area contributed by atoms with E-state index in [2.05, 4.69) is 25.7 Å². The first-order valence-corrected chi connectivity index (χ1v) is 10.9. The predicted molar refractivity (Wildman–Crippen MR) is 112 cm³/mol. The fraction of sp³-hybridized carbons (Fsp3) is 0.435. The summed E-state index contributed by atoms with van der Waals surface area (Å²) in [6, 6.07) is 5.34. The van der Waals surface area contributed by atoms with Crippen LogP contribution in [0.4, 0.5) is 8.78 Å². The molecule has 3 aliphatic rings. The Morgan fingerprint density at radius 3 is 2.36 bits per heavy atom. The van der Waals surface area contributed by atoms with Crippen molar-refractivity contribution in [3.63, 3.8) is 0 Å². The van der Waals surface area contributed by atoms with Crippen molar-refractivity contribution in [2.24, 2.45) is 5.41 Å². The lowest BCUT2D eigenvalue weighted by atomic mass is 9.53. The molecule has 0 spiro atoms. The summed E-state index contributed by atoms with van der Waals surface area (Å²) in [7, 11) is 0. The molecule has 1 aromatic carbocycles. The van der Waals surface area contributed by atoms with Crippen LogP contribution in [0, 0.1) is 24.0 Å². The number of phenols is 1. The van der Waals surface area contributed by atoms with Crippen molar-refractivity contribution in [2.75, 3.05) is 6.54 Å². The van der Waals surface area contributed by atoms with Gasteiger partial charge in [-0.25, -0.2) is 8.78 Å². The summed E-state index contributed by atoms with van der Waals surface area (Å²) in [5.74, 6) is -2.92. The molecule has 33 heavy (non-hydrogen) atoms. The molecule has 2 aromatic heterocycles. The van der Waals surface area contributed by atoms with Crippen molar-refractivity contribution < 1.29 is 23.2 Å². The molecule has 0 aliphatic heterocycles. The molecule has 0 saturated heterocycles. The van der Waals surface area contributed by atoms with Crippen LogP contribution in [0.25, 0.3) is 11.5 Å². The number of hydrogen-bond donors (Lipinski definition) is 2. The number of nitrogens with zero attached hydrogens (tertiary/aromatic N) is 4. The molecule has 0 atom stereocenters. The quantitative estimate of drug-likeness (QED) is 0.601. The van der Waals surface area contributed by atoms with Crippen LogP contribution in [-0.2, 0) is 5.41 Å². The second-order valence-electron chi connectivity index (χ2n) is 9.23. The highest BCUT2D eigenvalue weighted by Gasteiger charge is 2.52. The number of aromatic hydroxyl groups is 1. The first-order valence-electron chi connectivity index (χ1n) is 10.9. The van der Waals surface area contributed by atoms with Gasteiger partial charge in [0.1, 0.15) is 5.69 Å². The van der Waals surface area contributed by atoms with E-state index >= 15 is 0 Å². The number of carbonyl (C=O) groups is 1. The fourth-order valence-corrected chi connectivity index (χ4v) is 4.98. The monoisotopic (exact) mass is 455 g/mol. The summed E-state index contributed by atoms with van der Waals surface area (Å²) in [4.78, 5) is 17.1.